The summed E-state index contributed by atoms with van der Waals surface area (Å²) < 4.78 is 0. The van der Waals surface area contributed by atoms with Crippen molar-refractivity contribution in [2.45, 2.75) is 24.5 Å². The third-order valence-corrected chi connectivity index (χ3v) is 4.20. The second kappa shape index (κ2) is 5.39. The van der Waals surface area contributed by atoms with E-state index in [4.69, 9.17) is 5.11 Å². The molecule has 1 aliphatic carbocycles. The van der Waals surface area contributed by atoms with Crippen LogP contribution in [0.25, 0.3) is 0 Å². The maximum atomic E-state index is 11.1. The molecular formula is C13H16O2S. The Morgan fingerprint density at radius 1 is 1.38 bits per heavy atom. The van der Waals surface area contributed by atoms with Crippen molar-refractivity contribution in [2.24, 2.45) is 5.92 Å². The molecule has 1 aromatic carbocycles. The number of rotatable bonds is 6. The van der Waals surface area contributed by atoms with Crippen molar-refractivity contribution in [3.8, 4) is 0 Å². The molecule has 1 N–H and O–H groups in total. The molecule has 0 spiro atoms. The molecule has 1 unspecified atom stereocenters. The van der Waals surface area contributed by atoms with Gasteiger partial charge in [0.25, 0.3) is 0 Å². The fourth-order valence-corrected chi connectivity index (χ4v) is 2.87. The Kier molecular flexibility index (Phi) is 3.88. The van der Waals surface area contributed by atoms with Gasteiger partial charge in [-0.2, -0.15) is 0 Å². The van der Waals surface area contributed by atoms with Gasteiger partial charge in [-0.1, -0.05) is 30.3 Å². The third-order valence-electron chi connectivity index (χ3n) is 2.77. The van der Waals surface area contributed by atoms with Gasteiger partial charge in [-0.05, 0) is 36.5 Å². The van der Waals surface area contributed by atoms with Gasteiger partial charge in [-0.3, -0.25) is 4.79 Å². The van der Waals surface area contributed by atoms with Crippen LogP contribution in [0.4, 0.5) is 0 Å². The van der Waals surface area contributed by atoms with Crippen LogP contribution in [-0.2, 0) is 11.2 Å². The molecule has 0 heterocycles. The van der Waals surface area contributed by atoms with Crippen LogP contribution in [0.1, 0.15) is 18.4 Å². The lowest BCUT2D eigenvalue weighted by molar-refractivity contribution is -0.136. The first-order chi connectivity index (χ1) is 7.75. The number of carboxylic acids is 1. The molecule has 16 heavy (non-hydrogen) atoms. The van der Waals surface area contributed by atoms with Crippen LogP contribution < -0.4 is 0 Å². The standard InChI is InChI=1S/C13H16O2S/c14-13(15)12(16-9-11-6-7-11)8-10-4-2-1-3-5-10/h1-5,11-12H,6-9H2,(H,14,15). The molecule has 1 aromatic rings. The molecular weight excluding hydrogens is 220 g/mol. The Bertz CT molecular complexity index is 346. The number of aliphatic carboxylic acids is 1. The number of hydrogen-bond acceptors (Lipinski definition) is 2. The van der Waals surface area contributed by atoms with Crippen molar-refractivity contribution in [3.63, 3.8) is 0 Å². The van der Waals surface area contributed by atoms with E-state index in [2.05, 4.69) is 0 Å². The molecule has 2 rings (SSSR count). The van der Waals surface area contributed by atoms with Gasteiger partial charge in [0, 0.05) is 0 Å². The maximum Gasteiger partial charge on any atom is 0.316 e. The van der Waals surface area contributed by atoms with Crippen molar-refractivity contribution >= 4 is 17.7 Å². The van der Waals surface area contributed by atoms with E-state index in [9.17, 15) is 4.79 Å². The lowest BCUT2D eigenvalue weighted by Crippen LogP contribution is -2.20. The molecule has 86 valence electrons. The van der Waals surface area contributed by atoms with Crippen LogP contribution in [0.15, 0.2) is 30.3 Å². The highest BCUT2D eigenvalue weighted by molar-refractivity contribution is 8.00. The van der Waals surface area contributed by atoms with E-state index in [1.54, 1.807) is 11.8 Å². The SMILES string of the molecule is O=C(O)C(Cc1ccccc1)SCC1CC1. The van der Waals surface area contributed by atoms with Gasteiger partial charge >= 0.3 is 5.97 Å². The van der Waals surface area contributed by atoms with E-state index in [-0.39, 0.29) is 5.25 Å². The molecule has 0 bridgehead atoms. The van der Waals surface area contributed by atoms with E-state index in [1.807, 2.05) is 30.3 Å². The van der Waals surface area contributed by atoms with Crippen molar-refractivity contribution in [2.75, 3.05) is 5.75 Å². The minimum absolute atomic E-state index is 0.289. The Balaban J connectivity index is 1.88. The molecule has 0 aromatic heterocycles. The van der Waals surface area contributed by atoms with Crippen LogP contribution >= 0.6 is 11.8 Å². The van der Waals surface area contributed by atoms with Crippen molar-refractivity contribution < 1.29 is 9.90 Å². The van der Waals surface area contributed by atoms with Crippen molar-refractivity contribution in [1.29, 1.82) is 0 Å². The predicted octanol–water partition coefficient (Wildman–Crippen LogP) is 2.83. The summed E-state index contributed by atoms with van der Waals surface area (Å²) in [4.78, 5) is 11.1. The highest BCUT2D eigenvalue weighted by Crippen LogP contribution is 2.34. The van der Waals surface area contributed by atoms with Crippen LogP contribution in [0.2, 0.25) is 0 Å². The second-order valence-electron chi connectivity index (χ2n) is 4.29. The Morgan fingerprint density at radius 3 is 2.62 bits per heavy atom. The summed E-state index contributed by atoms with van der Waals surface area (Å²) in [6.07, 6.45) is 3.20. The minimum atomic E-state index is -0.686. The quantitative estimate of drug-likeness (QED) is 0.825. The number of thioether (sulfide) groups is 1. The monoisotopic (exact) mass is 236 g/mol. The average molecular weight is 236 g/mol. The van der Waals surface area contributed by atoms with Crippen LogP contribution in [0.3, 0.4) is 0 Å². The summed E-state index contributed by atoms with van der Waals surface area (Å²) in [5.41, 5.74) is 1.11. The Labute approximate surface area is 100 Å². The lowest BCUT2D eigenvalue weighted by Gasteiger charge is -2.11. The van der Waals surface area contributed by atoms with E-state index in [0.29, 0.717) is 6.42 Å². The van der Waals surface area contributed by atoms with Gasteiger partial charge < -0.3 is 5.11 Å². The molecule has 1 atom stereocenters. The van der Waals surface area contributed by atoms with E-state index in [0.717, 1.165) is 17.2 Å². The van der Waals surface area contributed by atoms with Crippen LogP contribution in [0, 0.1) is 5.92 Å². The van der Waals surface area contributed by atoms with Gasteiger partial charge in [0.2, 0.25) is 0 Å². The second-order valence-corrected chi connectivity index (χ2v) is 5.53. The summed E-state index contributed by atoms with van der Waals surface area (Å²) in [5.74, 6) is 1.10. The van der Waals surface area contributed by atoms with Crippen molar-refractivity contribution in [1.82, 2.24) is 0 Å². The van der Waals surface area contributed by atoms with Gasteiger partial charge in [-0.15, -0.1) is 11.8 Å². The fourth-order valence-electron chi connectivity index (χ4n) is 1.58. The van der Waals surface area contributed by atoms with E-state index in [1.165, 1.54) is 12.8 Å². The molecule has 1 fully saturated rings. The third kappa shape index (κ3) is 3.56. The maximum absolute atomic E-state index is 11.1. The first-order valence-corrected chi connectivity index (χ1v) is 6.69. The zero-order valence-corrected chi connectivity index (χ0v) is 9.95. The fraction of sp³-hybridized carbons (Fsp3) is 0.462. The van der Waals surface area contributed by atoms with Gasteiger partial charge in [0.05, 0.1) is 0 Å². The first-order valence-electron chi connectivity index (χ1n) is 5.64. The van der Waals surface area contributed by atoms with Gasteiger partial charge in [0.15, 0.2) is 0 Å². The summed E-state index contributed by atoms with van der Waals surface area (Å²) >= 11 is 1.60. The lowest BCUT2D eigenvalue weighted by atomic mass is 10.1. The average Bonchev–Trinajstić information content (AvgIpc) is 3.09. The highest BCUT2D eigenvalue weighted by atomic mass is 32.2. The number of hydrogen-bond donors (Lipinski definition) is 1. The zero-order chi connectivity index (χ0) is 11.4. The molecule has 2 nitrogen and oxygen atoms in total. The van der Waals surface area contributed by atoms with E-state index >= 15 is 0 Å². The normalized spacial score (nSPS) is 17.0. The zero-order valence-electron chi connectivity index (χ0n) is 9.13. The topological polar surface area (TPSA) is 37.3 Å². The molecule has 1 aliphatic rings. The summed E-state index contributed by atoms with van der Waals surface area (Å²) in [6.45, 7) is 0. The molecule has 3 heteroatoms. The van der Waals surface area contributed by atoms with Gasteiger partial charge in [0.1, 0.15) is 5.25 Å². The molecule has 0 aliphatic heterocycles. The smallest absolute Gasteiger partial charge is 0.316 e. The summed E-state index contributed by atoms with van der Waals surface area (Å²) in [7, 11) is 0. The Hall–Kier alpha value is -0.960. The summed E-state index contributed by atoms with van der Waals surface area (Å²) in [5, 5.41) is 8.86. The molecule has 0 radical (unpaired) electrons. The van der Waals surface area contributed by atoms with Crippen LogP contribution in [-0.4, -0.2) is 22.1 Å². The number of carboxylic acid groups (broad SMARTS) is 1. The predicted molar refractivity (Wildman–Crippen MR) is 66.8 cm³/mol. The van der Waals surface area contributed by atoms with Crippen LogP contribution in [0.5, 0.6) is 0 Å². The summed E-state index contributed by atoms with van der Waals surface area (Å²) in [6, 6.07) is 9.86. The molecule has 0 saturated heterocycles. The Morgan fingerprint density at radius 2 is 2.06 bits per heavy atom. The number of carbonyl (C=O) groups is 1. The van der Waals surface area contributed by atoms with Gasteiger partial charge in [-0.25, -0.2) is 0 Å². The molecule has 0 amide bonds. The highest BCUT2D eigenvalue weighted by Gasteiger charge is 2.25. The largest absolute Gasteiger partial charge is 0.480 e. The number of benzene rings is 1. The first kappa shape index (κ1) is 11.5. The van der Waals surface area contributed by atoms with Crippen molar-refractivity contribution in [3.05, 3.63) is 35.9 Å². The minimum Gasteiger partial charge on any atom is -0.480 e. The molecule has 1 saturated carbocycles. The van der Waals surface area contributed by atoms with E-state index < -0.39 is 5.97 Å².